The van der Waals surface area contributed by atoms with Gasteiger partial charge in [0.2, 0.25) is 5.91 Å². The lowest BCUT2D eigenvalue weighted by atomic mass is 10.0. The topological polar surface area (TPSA) is 112 Å². The van der Waals surface area contributed by atoms with Gasteiger partial charge in [0.05, 0.1) is 29.5 Å². The van der Waals surface area contributed by atoms with Crippen molar-refractivity contribution < 1.29 is 14.3 Å². The smallest absolute Gasteiger partial charge is 0.231 e. The van der Waals surface area contributed by atoms with Crippen LogP contribution < -0.4 is 16.0 Å². The Morgan fingerprint density at radius 3 is 2.90 bits per heavy atom. The minimum absolute atomic E-state index is 0.137. The van der Waals surface area contributed by atoms with Crippen LogP contribution in [0.4, 0.5) is 16.0 Å². The van der Waals surface area contributed by atoms with Crippen molar-refractivity contribution in [3.8, 4) is 11.3 Å². The summed E-state index contributed by atoms with van der Waals surface area (Å²) < 4.78 is 13.1. The summed E-state index contributed by atoms with van der Waals surface area (Å²) in [7, 11) is 0. The van der Waals surface area contributed by atoms with Crippen LogP contribution in [-0.4, -0.2) is 44.3 Å². The standard InChI is InChI=1S/C22H25FN6O2/c1-3-19(30)17-7-12(2)18(10-25-17)28-21-13(5-4-6-24-21)16-9-20(27-11-26-16)29-22(31)14-8-15(14)23/h4-7,9-11,14-15,17,19,25,30H,3,8H2,1-2H3,(H,24,28)(H,26,27,29,31). The van der Waals surface area contributed by atoms with Crippen molar-refractivity contribution >= 4 is 17.5 Å². The molecular weight excluding hydrogens is 399 g/mol. The Balaban J connectivity index is 1.53. The van der Waals surface area contributed by atoms with Gasteiger partial charge < -0.3 is 21.1 Å². The zero-order valence-corrected chi connectivity index (χ0v) is 17.3. The Kier molecular flexibility index (Phi) is 5.94. The van der Waals surface area contributed by atoms with E-state index in [-0.39, 0.29) is 18.4 Å². The Bertz CT molecular complexity index is 1040. The third kappa shape index (κ3) is 4.72. The van der Waals surface area contributed by atoms with Gasteiger partial charge in [-0.15, -0.1) is 0 Å². The van der Waals surface area contributed by atoms with Gasteiger partial charge in [0, 0.05) is 24.0 Å². The predicted octanol–water partition coefficient (Wildman–Crippen LogP) is 2.78. The molecule has 1 fully saturated rings. The first-order valence-electron chi connectivity index (χ1n) is 10.3. The highest BCUT2D eigenvalue weighted by molar-refractivity contribution is 5.94. The van der Waals surface area contributed by atoms with Crippen molar-refractivity contribution in [2.24, 2.45) is 5.92 Å². The van der Waals surface area contributed by atoms with Crippen LogP contribution in [0.3, 0.4) is 0 Å². The van der Waals surface area contributed by atoms with E-state index in [9.17, 15) is 14.3 Å². The molecule has 0 saturated heterocycles. The molecule has 1 aliphatic heterocycles. The largest absolute Gasteiger partial charge is 0.391 e. The number of carbonyl (C=O) groups is 1. The Labute approximate surface area is 179 Å². The van der Waals surface area contributed by atoms with Crippen LogP contribution in [-0.2, 0) is 4.79 Å². The SMILES string of the molecule is CCC(O)C1C=C(C)C(Nc2ncccc2-c2cc(NC(=O)C3CC3F)ncn2)=CN1. The van der Waals surface area contributed by atoms with Gasteiger partial charge in [0.1, 0.15) is 24.1 Å². The first-order valence-corrected chi connectivity index (χ1v) is 10.3. The van der Waals surface area contributed by atoms with E-state index in [1.165, 1.54) is 6.33 Å². The van der Waals surface area contributed by atoms with Gasteiger partial charge in [0.25, 0.3) is 0 Å². The molecule has 162 valence electrons. The number of aliphatic hydroxyl groups is 1. The maximum Gasteiger partial charge on any atom is 0.231 e. The van der Waals surface area contributed by atoms with E-state index < -0.39 is 18.2 Å². The lowest BCUT2D eigenvalue weighted by Crippen LogP contribution is -2.37. The van der Waals surface area contributed by atoms with Crippen molar-refractivity contribution in [2.45, 2.75) is 45.0 Å². The highest BCUT2D eigenvalue weighted by Crippen LogP contribution is 2.35. The molecule has 4 atom stereocenters. The minimum atomic E-state index is -1.07. The molecule has 0 aromatic carbocycles. The average molecular weight is 424 g/mol. The number of aromatic nitrogens is 3. The van der Waals surface area contributed by atoms with E-state index in [1.807, 2.05) is 32.2 Å². The van der Waals surface area contributed by atoms with E-state index in [2.05, 4.69) is 30.9 Å². The number of nitrogens with one attached hydrogen (secondary N) is 3. The van der Waals surface area contributed by atoms with Gasteiger partial charge in [-0.2, -0.15) is 0 Å². The summed E-state index contributed by atoms with van der Waals surface area (Å²) in [5, 5.41) is 19.2. The van der Waals surface area contributed by atoms with Gasteiger partial charge >= 0.3 is 0 Å². The molecule has 4 unspecified atom stereocenters. The van der Waals surface area contributed by atoms with Crippen molar-refractivity contribution in [1.82, 2.24) is 20.3 Å². The van der Waals surface area contributed by atoms with E-state index in [4.69, 9.17) is 0 Å². The summed E-state index contributed by atoms with van der Waals surface area (Å²) in [6, 6.07) is 5.16. The number of halogens is 1. The minimum Gasteiger partial charge on any atom is -0.391 e. The monoisotopic (exact) mass is 424 g/mol. The van der Waals surface area contributed by atoms with Gasteiger partial charge in [-0.1, -0.05) is 13.0 Å². The number of hydrogen-bond acceptors (Lipinski definition) is 7. The number of hydrogen-bond donors (Lipinski definition) is 4. The normalized spacial score (nSPS) is 23.2. The van der Waals surface area contributed by atoms with Crippen LogP contribution in [0.1, 0.15) is 26.7 Å². The predicted molar refractivity (Wildman–Crippen MR) is 116 cm³/mol. The Hall–Kier alpha value is -3.33. The molecule has 8 nitrogen and oxygen atoms in total. The van der Waals surface area contributed by atoms with Gasteiger partial charge in [-0.25, -0.2) is 19.3 Å². The maximum atomic E-state index is 13.1. The second-order valence-electron chi connectivity index (χ2n) is 7.74. The average Bonchev–Trinajstić information content (AvgIpc) is 3.52. The maximum absolute atomic E-state index is 13.1. The van der Waals surface area contributed by atoms with E-state index in [1.54, 1.807) is 18.3 Å². The third-order valence-corrected chi connectivity index (χ3v) is 5.41. The number of rotatable bonds is 7. The highest BCUT2D eigenvalue weighted by atomic mass is 19.1. The summed E-state index contributed by atoms with van der Waals surface area (Å²) in [5.41, 5.74) is 3.09. The Morgan fingerprint density at radius 2 is 2.19 bits per heavy atom. The van der Waals surface area contributed by atoms with Crippen molar-refractivity contribution in [1.29, 1.82) is 0 Å². The quantitative estimate of drug-likeness (QED) is 0.541. The third-order valence-electron chi connectivity index (χ3n) is 5.41. The van der Waals surface area contributed by atoms with Crippen molar-refractivity contribution in [3.63, 3.8) is 0 Å². The van der Waals surface area contributed by atoms with Gasteiger partial charge in [-0.3, -0.25) is 4.79 Å². The molecule has 0 radical (unpaired) electrons. The molecule has 1 saturated carbocycles. The second kappa shape index (κ2) is 8.81. The molecular formula is C22H25FN6O2. The van der Waals surface area contributed by atoms with Crippen molar-refractivity contribution in [2.75, 3.05) is 10.6 Å². The van der Waals surface area contributed by atoms with E-state index in [0.29, 0.717) is 23.8 Å². The molecule has 2 aliphatic rings. The highest BCUT2D eigenvalue weighted by Gasteiger charge is 2.43. The van der Waals surface area contributed by atoms with Crippen LogP contribution in [0.5, 0.6) is 0 Å². The summed E-state index contributed by atoms with van der Waals surface area (Å²) in [6.07, 6.45) is 6.21. The number of anilines is 2. The molecule has 2 aromatic heterocycles. The molecule has 4 rings (SSSR count). The lowest BCUT2D eigenvalue weighted by molar-refractivity contribution is -0.117. The van der Waals surface area contributed by atoms with Crippen LogP contribution in [0.2, 0.25) is 0 Å². The number of aliphatic hydroxyl groups excluding tert-OH is 1. The zero-order chi connectivity index (χ0) is 22.0. The zero-order valence-electron chi connectivity index (χ0n) is 17.3. The molecule has 1 aliphatic carbocycles. The summed E-state index contributed by atoms with van der Waals surface area (Å²) >= 11 is 0. The molecule has 3 heterocycles. The van der Waals surface area contributed by atoms with Crippen molar-refractivity contribution in [3.05, 3.63) is 54.3 Å². The molecule has 0 spiro atoms. The molecule has 9 heteroatoms. The molecule has 2 aromatic rings. The van der Waals surface area contributed by atoms with E-state index >= 15 is 0 Å². The number of alkyl halides is 1. The fourth-order valence-corrected chi connectivity index (χ4v) is 3.38. The molecule has 1 amide bonds. The number of pyridine rings is 1. The Morgan fingerprint density at radius 1 is 1.39 bits per heavy atom. The first kappa shape index (κ1) is 20.9. The lowest BCUT2D eigenvalue weighted by Gasteiger charge is -2.26. The molecule has 31 heavy (non-hydrogen) atoms. The molecule has 4 N–H and O–H groups in total. The summed E-state index contributed by atoms with van der Waals surface area (Å²) in [4.78, 5) is 24.8. The summed E-state index contributed by atoms with van der Waals surface area (Å²) in [6.45, 7) is 3.90. The first-order chi connectivity index (χ1) is 15.0. The molecule has 0 bridgehead atoms. The van der Waals surface area contributed by atoms with Crippen LogP contribution >= 0.6 is 0 Å². The number of nitrogens with zero attached hydrogens (tertiary/aromatic N) is 3. The van der Waals surface area contributed by atoms with Gasteiger partial charge in [-0.05, 0) is 37.5 Å². The summed E-state index contributed by atoms with van der Waals surface area (Å²) in [5.74, 6) is -0.0657. The number of carbonyl (C=O) groups excluding carboxylic acids is 1. The number of amides is 1. The number of dihydropyridines is 1. The fourth-order valence-electron chi connectivity index (χ4n) is 3.38. The van der Waals surface area contributed by atoms with Crippen LogP contribution in [0.15, 0.2) is 54.3 Å². The van der Waals surface area contributed by atoms with Gasteiger partial charge in [0.15, 0.2) is 0 Å². The van der Waals surface area contributed by atoms with Crippen LogP contribution in [0.25, 0.3) is 11.3 Å². The fraction of sp³-hybridized carbons (Fsp3) is 0.364. The second-order valence-corrected chi connectivity index (χ2v) is 7.74. The van der Waals surface area contributed by atoms with E-state index in [0.717, 1.165) is 16.8 Å². The van der Waals surface area contributed by atoms with Crippen LogP contribution in [0, 0.1) is 5.92 Å². The number of allylic oxidation sites excluding steroid dienone is 1.